The number of carbonyl (C=O) groups excluding carboxylic acids is 1. The number of fused-ring (bicyclic) bond motifs is 1. The maximum absolute atomic E-state index is 12.3. The second kappa shape index (κ2) is 2.81. The minimum Gasteiger partial charge on any atom is -0.296 e. The molecule has 7 heteroatoms. The summed E-state index contributed by atoms with van der Waals surface area (Å²) in [6.45, 7) is 0. The van der Waals surface area contributed by atoms with Gasteiger partial charge in [0, 0.05) is 11.6 Å². The van der Waals surface area contributed by atoms with E-state index in [1.807, 2.05) is 0 Å². The second-order valence-corrected chi connectivity index (χ2v) is 3.39. The number of hydrogen-bond donors (Lipinski definition) is 0. The van der Waals surface area contributed by atoms with Crippen molar-refractivity contribution in [1.82, 2.24) is 9.38 Å². The van der Waals surface area contributed by atoms with E-state index in [1.165, 1.54) is 6.20 Å². The zero-order chi connectivity index (χ0) is 10.3. The molecule has 0 bridgehead atoms. The normalized spacial score (nSPS) is 12.2. The molecule has 0 spiro atoms. The van der Waals surface area contributed by atoms with E-state index in [0.29, 0.717) is 0 Å². The average Bonchev–Trinajstić information content (AvgIpc) is 2.58. The third-order valence-electron chi connectivity index (χ3n) is 1.68. The maximum Gasteiger partial charge on any atom is 0.435 e. The van der Waals surface area contributed by atoms with Crippen molar-refractivity contribution in [1.29, 1.82) is 0 Å². The lowest BCUT2D eigenvalue weighted by atomic mass is 10.3. The van der Waals surface area contributed by atoms with Crippen molar-refractivity contribution >= 4 is 22.6 Å². The second-order valence-electron chi connectivity index (χ2n) is 2.52. The minimum absolute atomic E-state index is 0.162. The fourth-order valence-corrected chi connectivity index (χ4v) is 1.85. The van der Waals surface area contributed by atoms with Crippen molar-refractivity contribution in [3.05, 3.63) is 23.0 Å². The minimum atomic E-state index is -4.58. The van der Waals surface area contributed by atoms with Crippen LogP contribution in [0.3, 0.4) is 0 Å². The molecular formula is C7H3F3N2OS. The van der Waals surface area contributed by atoms with Gasteiger partial charge in [0.1, 0.15) is 5.69 Å². The lowest BCUT2D eigenvalue weighted by molar-refractivity contribution is -0.141. The number of rotatable bonds is 1. The maximum atomic E-state index is 12.3. The van der Waals surface area contributed by atoms with Crippen LogP contribution in [0.15, 0.2) is 11.6 Å². The molecule has 0 unspecified atom stereocenters. The Kier molecular flexibility index (Phi) is 1.84. The molecule has 3 nitrogen and oxygen atoms in total. The lowest BCUT2D eigenvalue weighted by Crippen LogP contribution is -2.09. The van der Waals surface area contributed by atoms with Gasteiger partial charge in [-0.3, -0.25) is 9.20 Å². The van der Waals surface area contributed by atoms with Crippen LogP contribution in [0, 0.1) is 0 Å². The molecule has 0 amide bonds. The smallest absolute Gasteiger partial charge is 0.296 e. The van der Waals surface area contributed by atoms with Gasteiger partial charge >= 0.3 is 6.18 Å². The van der Waals surface area contributed by atoms with Crippen LogP contribution in [0.1, 0.15) is 16.2 Å². The van der Waals surface area contributed by atoms with Crippen LogP contribution in [-0.4, -0.2) is 15.7 Å². The molecule has 2 aromatic heterocycles. The number of nitrogens with zero attached hydrogens (tertiary/aromatic N) is 2. The van der Waals surface area contributed by atoms with E-state index in [9.17, 15) is 18.0 Å². The van der Waals surface area contributed by atoms with Gasteiger partial charge in [-0.25, -0.2) is 4.98 Å². The average molecular weight is 220 g/mol. The molecule has 0 fully saturated rings. The number of thiazole rings is 1. The van der Waals surface area contributed by atoms with Crippen LogP contribution < -0.4 is 0 Å². The lowest BCUT2D eigenvalue weighted by Gasteiger charge is -2.01. The molecule has 0 aliphatic rings. The summed E-state index contributed by atoms with van der Waals surface area (Å²) >= 11 is 1.05. The quantitative estimate of drug-likeness (QED) is 0.690. The molecule has 14 heavy (non-hydrogen) atoms. The molecule has 0 saturated heterocycles. The van der Waals surface area contributed by atoms with Crippen molar-refractivity contribution < 1.29 is 18.0 Å². The van der Waals surface area contributed by atoms with Gasteiger partial charge in [0.05, 0.1) is 0 Å². The Hall–Kier alpha value is -1.37. The molecule has 0 N–H and O–H groups in total. The summed E-state index contributed by atoms with van der Waals surface area (Å²) < 4.78 is 38.1. The van der Waals surface area contributed by atoms with Crippen LogP contribution in [-0.2, 0) is 6.18 Å². The summed E-state index contributed by atoms with van der Waals surface area (Å²) in [6, 6.07) is 0. The molecule has 0 radical (unpaired) electrons. The van der Waals surface area contributed by atoms with Crippen LogP contribution in [0.4, 0.5) is 13.2 Å². The SMILES string of the molecule is O=Cc1c(C(F)(F)F)nc2sccn12. The van der Waals surface area contributed by atoms with Gasteiger partial charge in [-0.1, -0.05) is 0 Å². The number of halogens is 3. The number of imidazole rings is 1. The predicted octanol–water partition coefficient (Wildman–Crippen LogP) is 2.23. The van der Waals surface area contributed by atoms with E-state index in [1.54, 1.807) is 5.38 Å². The Balaban J connectivity index is 2.76. The summed E-state index contributed by atoms with van der Waals surface area (Å²) in [5.41, 5.74) is -1.58. The van der Waals surface area contributed by atoms with Gasteiger partial charge < -0.3 is 0 Å². The molecule has 0 aromatic carbocycles. The van der Waals surface area contributed by atoms with E-state index in [-0.39, 0.29) is 11.2 Å². The van der Waals surface area contributed by atoms with E-state index >= 15 is 0 Å². The van der Waals surface area contributed by atoms with E-state index < -0.39 is 17.6 Å². The predicted molar refractivity (Wildman–Crippen MR) is 43.5 cm³/mol. The largest absolute Gasteiger partial charge is 0.435 e. The molecule has 74 valence electrons. The highest BCUT2D eigenvalue weighted by Crippen LogP contribution is 2.32. The zero-order valence-corrected chi connectivity index (χ0v) is 7.39. The topological polar surface area (TPSA) is 34.4 Å². The number of aldehydes is 1. The fraction of sp³-hybridized carbons (Fsp3) is 0.143. The van der Waals surface area contributed by atoms with Crippen molar-refractivity contribution in [3.63, 3.8) is 0 Å². The van der Waals surface area contributed by atoms with E-state index in [0.717, 1.165) is 15.7 Å². The molecule has 2 heterocycles. The van der Waals surface area contributed by atoms with Crippen LogP contribution in [0.2, 0.25) is 0 Å². The molecule has 0 atom stereocenters. The van der Waals surface area contributed by atoms with Gasteiger partial charge in [0.15, 0.2) is 16.9 Å². The third kappa shape index (κ3) is 1.20. The first-order chi connectivity index (χ1) is 6.54. The monoisotopic (exact) mass is 220 g/mol. The van der Waals surface area contributed by atoms with Gasteiger partial charge in [0.2, 0.25) is 0 Å². The van der Waals surface area contributed by atoms with Gasteiger partial charge in [0.25, 0.3) is 0 Å². The highest BCUT2D eigenvalue weighted by atomic mass is 32.1. The van der Waals surface area contributed by atoms with Crippen LogP contribution >= 0.6 is 11.3 Å². The Morgan fingerprint density at radius 1 is 1.50 bits per heavy atom. The number of carbonyl (C=O) groups is 1. The zero-order valence-electron chi connectivity index (χ0n) is 6.58. The molecule has 0 aliphatic carbocycles. The van der Waals surface area contributed by atoms with Crippen molar-refractivity contribution in [2.75, 3.05) is 0 Å². The van der Waals surface area contributed by atoms with E-state index in [2.05, 4.69) is 4.98 Å². The van der Waals surface area contributed by atoms with Crippen molar-refractivity contribution in [2.45, 2.75) is 6.18 Å². The molecule has 0 saturated carbocycles. The fourth-order valence-electron chi connectivity index (χ4n) is 1.12. The van der Waals surface area contributed by atoms with Gasteiger partial charge in [-0.05, 0) is 0 Å². The first-order valence-corrected chi connectivity index (χ1v) is 4.40. The summed E-state index contributed by atoms with van der Waals surface area (Å²) in [5.74, 6) is 0. The number of aromatic nitrogens is 2. The molecule has 2 aromatic rings. The Bertz CT molecular complexity index is 485. The standard InChI is InChI=1S/C7H3F3N2OS/c8-7(9,10)5-4(3-13)12-1-2-14-6(12)11-5/h1-3H. The van der Waals surface area contributed by atoms with Crippen molar-refractivity contribution in [2.24, 2.45) is 0 Å². The summed E-state index contributed by atoms with van der Waals surface area (Å²) in [7, 11) is 0. The van der Waals surface area contributed by atoms with Crippen LogP contribution in [0.25, 0.3) is 4.96 Å². The number of hydrogen-bond acceptors (Lipinski definition) is 3. The molecule has 0 aliphatic heterocycles. The Morgan fingerprint density at radius 3 is 2.79 bits per heavy atom. The first-order valence-electron chi connectivity index (χ1n) is 3.52. The van der Waals surface area contributed by atoms with Gasteiger partial charge in [-0.2, -0.15) is 13.2 Å². The number of alkyl halides is 3. The summed E-state index contributed by atoms with van der Waals surface area (Å²) in [4.78, 5) is 14.0. The summed E-state index contributed by atoms with van der Waals surface area (Å²) in [6.07, 6.45) is -3.04. The Morgan fingerprint density at radius 2 is 2.21 bits per heavy atom. The highest BCUT2D eigenvalue weighted by molar-refractivity contribution is 7.15. The third-order valence-corrected chi connectivity index (χ3v) is 2.44. The van der Waals surface area contributed by atoms with Crippen LogP contribution in [0.5, 0.6) is 0 Å². The Labute approximate surface area is 79.8 Å². The highest BCUT2D eigenvalue weighted by Gasteiger charge is 2.37. The van der Waals surface area contributed by atoms with E-state index in [4.69, 9.17) is 0 Å². The first kappa shape index (κ1) is 9.20. The molecular weight excluding hydrogens is 217 g/mol. The molecule has 2 rings (SSSR count). The summed E-state index contributed by atoms with van der Waals surface area (Å²) in [5, 5.41) is 1.56. The van der Waals surface area contributed by atoms with Gasteiger partial charge in [-0.15, -0.1) is 11.3 Å². The van der Waals surface area contributed by atoms with Crippen molar-refractivity contribution in [3.8, 4) is 0 Å².